The number of likely N-dealkylation sites (tertiary alicyclic amines) is 1. The summed E-state index contributed by atoms with van der Waals surface area (Å²) in [5, 5.41) is 9.66. The van der Waals surface area contributed by atoms with E-state index in [0.29, 0.717) is 23.5 Å². The molecule has 0 aliphatic carbocycles. The van der Waals surface area contributed by atoms with E-state index < -0.39 is 38.4 Å². The lowest BCUT2D eigenvalue weighted by Gasteiger charge is -2.44. The number of anilines is 1. The summed E-state index contributed by atoms with van der Waals surface area (Å²) in [5.41, 5.74) is 0.660. The molecule has 2 saturated heterocycles. The molecule has 0 radical (unpaired) electrons. The van der Waals surface area contributed by atoms with E-state index in [1.54, 1.807) is 43.3 Å². The minimum absolute atomic E-state index is 0.0113. The summed E-state index contributed by atoms with van der Waals surface area (Å²) in [6, 6.07) is 5.01. The third-order valence-corrected chi connectivity index (χ3v) is 10.2. The summed E-state index contributed by atoms with van der Waals surface area (Å²) in [4.78, 5) is 40.0. The normalized spacial score (nSPS) is 28.3. The number of fused-ring (bicyclic) bond motifs is 1. The molecule has 37 heavy (non-hydrogen) atoms. The smallest absolute Gasteiger partial charge is 0.304 e. The highest BCUT2D eigenvalue weighted by molar-refractivity contribution is 6.72. The van der Waals surface area contributed by atoms with Gasteiger partial charge in [0.05, 0.1) is 25.2 Å². The number of rotatable bonds is 8. The van der Waals surface area contributed by atoms with Crippen molar-refractivity contribution < 1.29 is 37.8 Å². The van der Waals surface area contributed by atoms with Crippen LogP contribution in [0.5, 0.6) is 5.75 Å². The molecule has 6 atom stereocenters. The van der Waals surface area contributed by atoms with Gasteiger partial charge in [-0.15, -0.1) is 0 Å². The maximum atomic E-state index is 15.8. The number of nitrogens with zero attached hydrogens (tertiary/aromatic N) is 2. The van der Waals surface area contributed by atoms with Gasteiger partial charge >= 0.3 is 5.97 Å². The number of aliphatic hydroxyl groups excluding tert-OH is 1. The second-order valence-electron chi connectivity index (χ2n) is 10.8. The molecular weight excluding hydrogens is 499 g/mol. The van der Waals surface area contributed by atoms with Gasteiger partial charge in [0.25, 0.3) is 0 Å². The zero-order valence-electron chi connectivity index (χ0n) is 22.1. The molecular formula is C26H37FN2O7Si. The topological polar surface area (TPSA) is 106 Å². The second-order valence-corrected chi connectivity index (χ2v) is 14.7. The number of hydrogen-bond donors (Lipinski definition) is 1. The van der Waals surface area contributed by atoms with E-state index in [4.69, 9.17) is 14.2 Å². The van der Waals surface area contributed by atoms with Crippen LogP contribution in [0.3, 0.4) is 0 Å². The van der Waals surface area contributed by atoms with Gasteiger partial charge in [-0.25, -0.2) is 0 Å². The summed E-state index contributed by atoms with van der Waals surface area (Å²) < 4.78 is 33.3. The molecule has 2 unspecified atom stereocenters. The average Bonchev–Trinajstić information content (AvgIpc) is 3.30. The van der Waals surface area contributed by atoms with Crippen LogP contribution in [0.2, 0.25) is 18.6 Å². The van der Waals surface area contributed by atoms with Gasteiger partial charge in [0.2, 0.25) is 20.2 Å². The fraction of sp³-hybridized carbons (Fsp3) is 0.654. The zero-order chi connectivity index (χ0) is 27.1. The summed E-state index contributed by atoms with van der Waals surface area (Å²) in [5.74, 6) is -0.543. The van der Waals surface area contributed by atoms with Crippen LogP contribution in [0, 0.1) is 5.92 Å². The van der Waals surface area contributed by atoms with Gasteiger partial charge in [0.1, 0.15) is 11.9 Å². The van der Waals surface area contributed by atoms with Gasteiger partial charge in [0.15, 0.2) is 6.23 Å². The number of β-lactam (4-membered cyclic amide) rings is 1. The van der Waals surface area contributed by atoms with E-state index in [1.807, 2.05) is 6.92 Å². The van der Waals surface area contributed by atoms with Crippen molar-refractivity contribution in [3.05, 3.63) is 23.8 Å². The molecule has 9 nitrogen and oxygen atoms in total. The van der Waals surface area contributed by atoms with Crippen LogP contribution in [0.1, 0.15) is 51.2 Å². The Labute approximate surface area is 218 Å². The van der Waals surface area contributed by atoms with Gasteiger partial charge in [-0.3, -0.25) is 19.3 Å². The first kappa shape index (κ1) is 27.5. The fourth-order valence-electron chi connectivity index (χ4n) is 5.91. The first-order valence-electron chi connectivity index (χ1n) is 12.9. The third kappa shape index (κ3) is 5.39. The summed E-state index contributed by atoms with van der Waals surface area (Å²) in [7, 11) is -1.80. The number of aliphatic hydroxyl groups is 1. The second kappa shape index (κ2) is 10.7. The van der Waals surface area contributed by atoms with E-state index in [1.165, 1.54) is 11.8 Å². The fourth-order valence-corrected chi connectivity index (χ4v) is 7.72. The Morgan fingerprint density at radius 3 is 2.65 bits per heavy atom. The Hall–Kier alpha value is -2.50. The van der Waals surface area contributed by atoms with Crippen molar-refractivity contribution in [3.8, 4) is 5.75 Å². The molecule has 0 bridgehead atoms. The number of methoxy groups -OCH3 is 1. The molecule has 1 aromatic carbocycles. The molecule has 11 heteroatoms. The monoisotopic (exact) mass is 536 g/mol. The maximum Gasteiger partial charge on any atom is 0.304 e. The highest BCUT2D eigenvalue weighted by Gasteiger charge is 2.49. The molecule has 4 rings (SSSR count). The van der Waals surface area contributed by atoms with Gasteiger partial charge in [0, 0.05) is 49.7 Å². The van der Waals surface area contributed by atoms with E-state index in [0.717, 1.165) is 12.8 Å². The van der Waals surface area contributed by atoms with Crippen LogP contribution in [-0.2, 0) is 23.9 Å². The molecule has 3 heterocycles. The summed E-state index contributed by atoms with van der Waals surface area (Å²) >= 11 is 0. The highest BCUT2D eigenvalue weighted by Crippen LogP contribution is 2.49. The molecule has 1 N–H and O–H groups in total. The minimum atomic E-state index is -3.38. The van der Waals surface area contributed by atoms with Crippen LogP contribution in [-0.4, -0.2) is 74.8 Å². The minimum Gasteiger partial charge on any atom is -0.490 e. The molecule has 0 saturated carbocycles. The van der Waals surface area contributed by atoms with Crippen LogP contribution in [0.4, 0.5) is 9.80 Å². The van der Waals surface area contributed by atoms with E-state index in [9.17, 15) is 19.5 Å². The highest BCUT2D eigenvalue weighted by atomic mass is 28.4. The van der Waals surface area contributed by atoms with E-state index >= 15 is 4.11 Å². The molecule has 0 aromatic heterocycles. The maximum absolute atomic E-state index is 15.8. The van der Waals surface area contributed by atoms with Crippen molar-refractivity contribution in [1.82, 2.24) is 4.90 Å². The Morgan fingerprint density at radius 1 is 1.32 bits per heavy atom. The lowest BCUT2D eigenvalue weighted by Crippen LogP contribution is -2.55. The number of ether oxygens (including phenoxy) is 3. The summed E-state index contributed by atoms with van der Waals surface area (Å²) in [6.07, 6.45) is 0.0151. The van der Waals surface area contributed by atoms with Crippen molar-refractivity contribution in [2.24, 2.45) is 5.92 Å². The SMILES string of the molecule is CO[C@@H]1c2cc(N3C(=O)CC3OC(C)=O)ccc2O[C@H](C(CC(=O)N2CCC[C@H]2CO)[Si](C)(C)F)[C@H]1C. The molecule has 0 spiro atoms. The van der Waals surface area contributed by atoms with Crippen molar-refractivity contribution >= 4 is 31.9 Å². The number of halogens is 1. The van der Waals surface area contributed by atoms with Gasteiger partial charge in [-0.1, -0.05) is 6.92 Å². The number of benzene rings is 1. The molecule has 1 aromatic rings. The lowest BCUT2D eigenvalue weighted by atomic mass is 9.86. The quantitative estimate of drug-likeness (QED) is 0.235. The predicted molar refractivity (Wildman–Crippen MR) is 136 cm³/mol. The van der Waals surface area contributed by atoms with Crippen LogP contribution < -0.4 is 9.64 Å². The Morgan fingerprint density at radius 2 is 2.05 bits per heavy atom. The Kier molecular flexibility index (Phi) is 7.96. The number of amides is 2. The van der Waals surface area contributed by atoms with E-state index in [-0.39, 0.29) is 43.2 Å². The third-order valence-electron chi connectivity index (χ3n) is 7.88. The Bertz CT molecular complexity index is 1050. The Balaban J connectivity index is 1.60. The van der Waals surface area contributed by atoms with Crippen molar-refractivity contribution in [3.63, 3.8) is 0 Å². The van der Waals surface area contributed by atoms with Crippen molar-refractivity contribution in [1.29, 1.82) is 0 Å². The van der Waals surface area contributed by atoms with Crippen LogP contribution >= 0.6 is 0 Å². The standard InChI is InChI=1S/C26H37FN2O7Si/c1-15-25(34-3)19-11-17(29-23(33)13-24(29)35-16(2)31)8-9-20(19)36-26(15)21(37(4,5)27)12-22(32)28-10-6-7-18(28)14-30/h8-9,11,15,18,21,24-26,30H,6-7,10,12-14H2,1-5H3/t15-,18-,21?,24?,25-,26-/m0/s1. The van der Waals surface area contributed by atoms with Crippen LogP contribution in [0.25, 0.3) is 0 Å². The van der Waals surface area contributed by atoms with Crippen molar-refractivity contribution in [2.45, 2.75) is 82.6 Å². The first-order chi connectivity index (χ1) is 17.5. The average molecular weight is 537 g/mol. The number of carbonyl (C=O) groups is 3. The van der Waals surface area contributed by atoms with Gasteiger partial charge in [-0.05, 0) is 44.1 Å². The van der Waals surface area contributed by atoms with Gasteiger partial charge < -0.3 is 28.3 Å². The predicted octanol–water partition coefficient (Wildman–Crippen LogP) is 3.32. The number of esters is 1. The zero-order valence-corrected chi connectivity index (χ0v) is 23.1. The molecule has 2 fully saturated rings. The lowest BCUT2D eigenvalue weighted by molar-refractivity contribution is -0.153. The van der Waals surface area contributed by atoms with Crippen LogP contribution in [0.15, 0.2) is 18.2 Å². The number of carbonyl (C=O) groups excluding carboxylic acids is 3. The molecule has 3 aliphatic heterocycles. The number of hydrogen-bond acceptors (Lipinski definition) is 7. The molecule has 3 aliphatic rings. The summed E-state index contributed by atoms with van der Waals surface area (Å²) in [6.45, 7) is 6.90. The first-order valence-corrected chi connectivity index (χ1v) is 15.8. The largest absolute Gasteiger partial charge is 0.490 e. The van der Waals surface area contributed by atoms with Crippen molar-refractivity contribution in [2.75, 3.05) is 25.2 Å². The molecule has 2 amide bonds. The molecule has 204 valence electrons. The van der Waals surface area contributed by atoms with Gasteiger partial charge in [-0.2, -0.15) is 0 Å². The van der Waals surface area contributed by atoms with E-state index in [2.05, 4.69) is 0 Å².